The van der Waals surface area contributed by atoms with Gasteiger partial charge in [0.15, 0.2) is 0 Å². The van der Waals surface area contributed by atoms with E-state index in [1.807, 2.05) is 6.92 Å². The molecule has 1 spiro atoms. The lowest BCUT2D eigenvalue weighted by Crippen LogP contribution is -2.43. The summed E-state index contributed by atoms with van der Waals surface area (Å²) >= 11 is 0. The number of rotatable bonds is 6. The molecule has 26 heavy (non-hydrogen) atoms. The number of carbonyl (C=O) groups excluding carboxylic acids is 1. The van der Waals surface area contributed by atoms with Crippen molar-refractivity contribution in [1.82, 2.24) is 25.5 Å². The summed E-state index contributed by atoms with van der Waals surface area (Å²) in [5.41, 5.74) is 0.498. The van der Waals surface area contributed by atoms with Gasteiger partial charge in [0, 0.05) is 12.2 Å². The van der Waals surface area contributed by atoms with Crippen LogP contribution in [0.2, 0.25) is 0 Å². The lowest BCUT2D eigenvalue weighted by Gasteiger charge is -2.34. The average Bonchev–Trinajstić information content (AvgIpc) is 3.05. The summed E-state index contributed by atoms with van der Waals surface area (Å²) in [5, 5.41) is 11.8. The molecular weight excluding hydrogens is 366 g/mol. The highest BCUT2D eigenvalue weighted by atomic mass is 32.3. The first kappa shape index (κ1) is 17.2. The number of nitrogens with one attached hydrogen (secondary N) is 1. The number of allylic oxidation sites excluding steroid dienone is 1. The molecule has 1 aliphatic carbocycles. The molecule has 4 rings (SSSR count). The van der Waals surface area contributed by atoms with Crippen LogP contribution in [-0.4, -0.2) is 51.7 Å². The Labute approximate surface area is 149 Å². The number of hydrogen-bond acceptors (Lipinski definition) is 8. The molecule has 1 saturated carbocycles. The Hall–Kier alpha value is -2.18. The predicted octanol–water partition coefficient (Wildman–Crippen LogP) is 0.758. The topological polar surface area (TPSA) is 138 Å². The van der Waals surface area contributed by atoms with Crippen molar-refractivity contribution in [3.63, 3.8) is 0 Å². The van der Waals surface area contributed by atoms with Crippen LogP contribution in [0.1, 0.15) is 44.0 Å². The second-order valence-corrected chi connectivity index (χ2v) is 8.03. The largest absolute Gasteiger partial charge is 0.421 e. The SMILES string of the molecule is C=C(C)NCc1nnc([C@@H]2CC3(CC3)[C@@H]3CN2C(=O)N3OS(=O)(=O)O)o1. The second kappa shape index (κ2) is 5.66. The molecule has 2 N–H and O–H groups in total. The molecule has 0 radical (unpaired) electrons. The van der Waals surface area contributed by atoms with E-state index in [-0.39, 0.29) is 12.0 Å². The number of piperidine rings is 1. The van der Waals surface area contributed by atoms with E-state index in [0.29, 0.717) is 24.7 Å². The summed E-state index contributed by atoms with van der Waals surface area (Å²) in [4.78, 5) is 14.1. The highest BCUT2D eigenvalue weighted by molar-refractivity contribution is 7.80. The van der Waals surface area contributed by atoms with Gasteiger partial charge in [-0.2, -0.15) is 13.5 Å². The number of fused-ring (bicyclic) bond motifs is 3. The van der Waals surface area contributed by atoms with Crippen LogP contribution in [0.3, 0.4) is 0 Å². The van der Waals surface area contributed by atoms with E-state index in [1.54, 1.807) is 0 Å². The standard InChI is InChI=1S/C14H19N5O6S/c1-8(2)15-6-11-16-17-12(24-11)9-5-14(3-4-14)10-7-18(9)13(20)19(10)25-26(21,22)23/h9-10,15H,1,3-7H2,2H3,(H,21,22,23)/t9-,10-/m0/s1. The molecular formula is C14H19N5O6S. The lowest BCUT2D eigenvalue weighted by atomic mass is 9.85. The van der Waals surface area contributed by atoms with Gasteiger partial charge in [0.2, 0.25) is 11.8 Å². The Morgan fingerprint density at radius 2 is 2.23 bits per heavy atom. The van der Waals surface area contributed by atoms with Crippen molar-refractivity contribution in [2.45, 2.75) is 44.8 Å². The molecule has 2 atom stereocenters. The fraction of sp³-hybridized carbons (Fsp3) is 0.643. The molecule has 3 fully saturated rings. The third-order valence-corrected chi connectivity index (χ3v) is 5.49. The number of nitrogens with zero attached hydrogens (tertiary/aromatic N) is 4. The molecule has 2 bridgehead atoms. The molecule has 0 aromatic carbocycles. The first-order chi connectivity index (χ1) is 12.2. The van der Waals surface area contributed by atoms with Crippen LogP contribution in [0.5, 0.6) is 0 Å². The average molecular weight is 385 g/mol. The van der Waals surface area contributed by atoms with Crippen molar-refractivity contribution < 1.29 is 26.5 Å². The fourth-order valence-corrected chi connectivity index (χ4v) is 4.11. The van der Waals surface area contributed by atoms with Gasteiger partial charge in [-0.1, -0.05) is 6.58 Å². The van der Waals surface area contributed by atoms with E-state index in [4.69, 9.17) is 8.97 Å². The van der Waals surface area contributed by atoms with Gasteiger partial charge in [-0.15, -0.1) is 14.5 Å². The van der Waals surface area contributed by atoms with E-state index in [0.717, 1.165) is 23.6 Å². The Morgan fingerprint density at radius 1 is 1.50 bits per heavy atom. The molecule has 2 saturated heterocycles. The smallest absolute Gasteiger partial charge is 0.418 e. The number of hydrogen-bond donors (Lipinski definition) is 2. The van der Waals surface area contributed by atoms with E-state index in [9.17, 15) is 13.2 Å². The van der Waals surface area contributed by atoms with E-state index >= 15 is 0 Å². The predicted molar refractivity (Wildman–Crippen MR) is 85.3 cm³/mol. The Morgan fingerprint density at radius 3 is 2.85 bits per heavy atom. The summed E-state index contributed by atoms with van der Waals surface area (Å²) in [7, 11) is -4.78. The first-order valence-corrected chi connectivity index (χ1v) is 9.53. The molecule has 3 aliphatic rings. The minimum absolute atomic E-state index is 0.261. The molecule has 1 aromatic rings. The van der Waals surface area contributed by atoms with Gasteiger partial charge in [-0.25, -0.2) is 4.79 Å². The normalized spacial score (nSPS) is 26.5. The molecule has 1 aromatic heterocycles. The third-order valence-electron chi connectivity index (χ3n) is 5.15. The molecule has 3 heterocycles. The summed E-state index contributed by atoms with van der Waals surface area (Å²) in [6, 6.07) is -1.52. The zero-order chi connectivity index (χ0) is 18.7. The first-order valence-electron chi connectivity index (χ1n) is 8.17. The Balaban J connectivity index is 1.58. The highest BCUT2D eigenvalue weighted by Gasteiger charge is 2.64. The third kappa shape index (κ3) is 2.93. The van der Waals surface area contributed by atoms with Crippen molar-refractivity contribution in [3.8, 4) is 0 Å². The summed E-state index contributed by atoms with van der Waals surface area (Å²) in [5.74, 6) is 0.669. The van der Waals surface area contributed by atoms with Gasteiger partial charge in [0.05, 0.1) is 12.6 Å². The van der Waals surface area contributed by atoms with Crippen LogP contribution in [-0.2, 0) is 21.2 Å². The van der Waals surface area contributed by atoms with Crippen LogP contribution in [0.4, 0.5) is 4.79 Å². The minimum atomic E-state index is -4.78. The van der Waals surface area contributed by atoms with Crippen LogP contribution in [0.15, 0.2) is 16.7 Å². The molecule has 2 aliphatic heterocycles. The van der Waals surface area contributed by atoms with Crippen LogP contribution < -0.4 is 5.32 Å². The van der Waals surface area contributed by atoms with Crippen LogP contribution in [0.25, 0.3) is 0 Å². The Kier molecular flexibility index (Phi) is 3.75. The summed E-state index contributed by atoms with van der Waals surface area (Å²) < 4.78 is 41.4. The van der Waals surface area contributed by atoms with Crippen molar-refractivity contribution in [2.24, 2.45) is 5.41 Å². The maximum atomic E-state index is 12.6. The molecule has 0 unspecified atom stereocenters. The lowest BCUT2D eigenvalue weighted by molar-refractivity contribution is -0.0530. The van der Waals surface area contributed by atoms with Crippen LogP contribution in [0, 0.1) is 5.41 Å². The maximum Gasteiger partial charge on any atom is 0.418 e. The quantitative estimate of drug-likeness (QED) is 0.679. The second-order valence-electron chi connectivity index (χ2n) is 7.03. The Bertz CT molecular complexity index is 863. The van der Waals surface area contributed by atoms with E-state index < -0.39 is 28.5 Å². The molecule has 142 valence electrons. The van der Waals surface area contributed by atoms with Gasteiger partial charge in [-0.05, 0) is 31.6 Å². The number of carbonyl (C=O) groups is 1. The highest BCUT2D eigenvalue weighted by Crippen LogP contribution is 2.61. The van der Waals surface area contributed by atoms with Gasteiger partial charge in [0.25, 0.3) is 0 Å². The van der Waals surface area contributed by atoms with Gasteiger partial charge in [-0.3, -0.25) is 4.55 Å². The van der Waals surface area contributed by atoms with Gasteiger partial charge < -0.3 is 14.6 Å². The maximum absolute atomic E-state index is 12.6. The zero-order valence-corrected chi connectivity index (χ0v) is 14.9. The fourth-order valence-electron chi connectivity index (χ4n) is 3.74. The van der Waals surface area contributed by atoms with E-state index in [1.165, 1.54) is 4.90 Å². The van der Waals surface area contributed by atoms with Crippen molar-refractivity contribution in [2.75, 3.05) is 6.54 Å². The zero-order valence-electron chi connectivity index (χ0n) is 14.1. The van der Waals surface area contributed by atoms with Crippen molar-refractivity contribution >= 4 is 16.4 Å². The summed E-state index contributed by atoms with van der Waals surface area (Å²) in [6.45, 7) is 6.14. The number of amides is 2. The minimum Gasteiger partial charge on any atom is -0.421 e. The molecule has 2 amide bonds. The number of urea groups is 1. The van der Waals surface area contributed by atoms with E-state index in [2.05, 4.69) is 26.4 Å². The van der Waals surface area contributed by atoms with Crippen LogP contribution >= 0.6 is 0 Å². The summed E-state index contributed by atoms with van der Waals surface area (Å²) in [6.07, 6.45) is 2.24. The van der Waals surface area contributed by atoms with Crippen molar-refractivity contribution in [3.05, 3.63) is 24.1 Å². The molecule has 12 heteroatoms. The number of hydroxylamine groups is 2. The van der Waals surface area contributed by atoms with Crippen molar-refractivity contribution in [1.29, 1.82) is 0 Å². The molecule has 11 nitrogen and oxygen atoms in total. The van der Waals surface area contributed by atoms with Gasteiger partial charge >= 0.3 is 16.4 Å². The number of aromatic nitrogens is 2. The monoisotopic (exact) mass is 385 g/mol. The van der Waals surface area contributed by atoms with Gasteiger partial charge in [0.1, 0.15) is 6.04 Å².